The molecular formula is C20H12O4. The van der Waals surface area contributed by atoms with Gasteiger partial charge in [-0.1, -0.05) is 42.5 Å². The molecule has 0 amide bonds. The number of fused-ring (bicyclic) bond motifs is 2. The van der Waals surface area contributed by atoms with E-state index in [1.165, 1.54) is 6.07 Å². The lowest BCUT2D eigenvalue weighted by atomic mass is 9.83. The van der Waals surface area contributed by atoms with E-state index in [0.717, 1.165) is 0 Å². The van der Waals surface area contributed by atoms with Crippen LogP contribution in [0.5, 0.6) is 17.2 Å². The Hall–Kier alpha value is -3.40. The number of hydrogen-bond donors (Lipinski definition) is 1. The number of phenols is 1. The Balaban J connectivity index is 1.89. The molecule has 0 saturated heterocycles. The molecular weight excluding hydrogens is 304 g/mol. The Morgan fingerprint density at radius 1 is 0.667 bits per heavy atom. The van der Waals surface area contributed by atoms with Crippen LogP contribution in [0, 0.1) is 0 Å². The van der Waals surface area contributed by atoms with Crippen LogP contribution in [0.2, 0.25) is 0 Å². The number of aromatic hydroxyl groups is 1. The second-order valence-electron chi connectivity index (χ2n) is 5.45. The van der Waals surface area contributed by atoms with E-state index >= 15 is 0 Å². The second-order valence-corrected chi connectivity index (χ2v) is 5.45. The lowest BCUT2D eigenvalue weighted by Gasteiger charge is -2.20. The Labute approximate surface area is 138 Å². The highest BCUT2D eigenvalue weighted by molar-refractivity contribution is 6.30. The van der Waals surface area contributed by atoms with Crippen LogP contribution < -0.4 is 4.74 Å². The SMILES string of the molecule is O=C1c2cccc(O)c2C(=O)c2c(Oc3ccccc3)cccc21. The highest BCUT2D eigenvalue weighted by atomic mass is 16.5. The first kappa shape index (κ1) is 14.2. The quantitative estimate of drug-likeness (QED) is 0.608. The first-order valence-electron chi connectivity index (χ1n) is 7.44. The van der Waals surface area contributed by atoms with Crippen LogP contribution in [0.3, 0.4) is 0 Å². The summed E-state index contributed by atoms with van der Waals surface area (Å²) < 4.78 is 5.80. The zero-order valence-corrected chi connectivity index (χ0v) is 12.5. The highest BCUT2D eigenvalue weighted by Gasteiger charge is 2.34. The molecule has 0 unspecified atom stereocenters. The number of carbonyl (C=O) groups is 2. The lowest BCUT2D eigenvalue weighted by molar-refractivity contribution is 0.0974. The standard InChI is InChI=1S/C20H12O4/c21-15-10-4-8-13-17(15)20(23)18-14(19(13)22)9-5-11-16(18)24-12-6-2-1-3-7-12/h1-11,21H. The molecule has 0 aliphatic heterocycles. The van der Waals surface area contributed by atoms with Crippen LogP contribution in [-0.4, -0.2) is 16.7 Å². The van der Waals surface area contributed by atoms with Gasteiger partial charge in [-0.25, -0.2) is 0 Å². The zero-order valence-electron chi connectivity index (χ0n) is 12.5. The third-order valence-corrected chi connectivity index (χ3v) is 3.98. The summed E-state index contributed by atoms with van der Waals surface area (Å²) in [6, 6.07) is 18.4. The van der Waals surface area contributed by atoms with E-state index in [2.05, 4.69) is 0 Å². The maximum absolute atomic E-state index is 12.9. The zero-order chi connectivity index (χ0) is 16.7. The Morgan fingerprint density at radius 2 is 1.33 bits per heavy atom. The van der Waals surface area contributed by atoms with E-state index in [4.69, 9.17) is 4.74 Å². The molecule has 4 heteroatoms. The molecule has 4 nitrogen and oxygen atoms in total. The predicted molar refractivity (Wildman–Crippen MR) is 87.9 cm³/mol. The first-order chi connectivity index (χ1) is 11.7. The third-order valence-electron chi connectivity index (χ3n) is 3.98. The van der Waals surface area contributed by atoms with Gasteiger partial charge in [-0.3, -0.25) is 9.59 Å². The van der Waals surface area contributed by atoms with Gasteiger partial charge in [0.2, 0.25) is 5.78 Å². The molecule has 4 rings (SSSR count). The van der Waals surface area contributed by atoms with Gasteiger partial charge in [-0.05, 0) is 24.3 Å². The van der Waals surface area contributed by atoms with Crippen LogP contribution in [0.15, 0.2) is 66.7 Å². The first-order valence-corrected chi connectivity index (χ1v) is 7.44. The van der Waals surface area contributed by atoms with Gasteiger partial charge in [-0.2, -0.15) is 0 Å². The Kier molecular flexibility index (Phi) is 3.17. The van der Waals surface area contributed by atoms with Crippen molar-refractivity contribution >= 4 is 11.6 Å². The molecule has 1 N–H and O–H groups in total. The van der Waals surface area contributed by atoms with Crippen LogP contribution in [0.4, 0.5) is 0 Å². The minimum atomic E-state index is -0.413. The summed E-state index contributed by atoms with van der Waals surface area (Å²) in [4.78, 5) is 25.6. The van der Waals surface area contributed by atoms with Crippen molar-refractivity contribution in [3.63, 3.8) is 0 Å². The number of benzene rings is 3. The lowest BCUT2D eigenvalue weighted by Crippen LogP contribution is -2.21. The molecule has 3 aromatic carbocycles. The van der Waals surface area contributed by atoms with Gasteiger partial charge in [0.15, 0.2) is 5.78 Å². The summed E-state index contributed by atoms with van der Waals surface area (Å²) in [6.45, 7) is 0. The minimum absolute atomic E-state index is 0.0270. The van der Waals surface area contributed by atoms with Crippen LogP contribution >= 0.6 is 0 Å². The average molecular weight is 316 g/mol. The van der Waals surface area contributed by atoms with Gasteiger partial charge in [-0.15, -0.1) is 0 Å². The summed E-state index contributed by atoms with van der Waals surface area (Å²) in [7, 11) is 0. The Morgan fingerprint density at radius 3 is 2.08 bits per heavy atom. The molecule has 1 aliphatic carbocycles. The minimum Gasteiger partial charge on any atom is -0.507 e. The number of phenolic OH excluding ortho intramolecular Hbond substituents is 1. The topological polar surface area (TPSA) is 63.6 Å². The molecule has 0 aromatic heterocycles. The van der Waals surface area contributed by atoms with Crippen LogP contribution in [0.1, 0.15) is 31.8 Å². The maximum Gasteiger partial charge on any atom is 0.201 e. The number of ketones is 2. The van der Waals surface area contributed by atoms with E-state index in [0.29, 0.717) is 11.5 Å². The van der Waals surface area contributed by atoms with E-state index in [1.807, 2.05) is 18.2 Å². The second kappa shape index (κ2) is 5.35. The smallest absolute Gasteiger partial charge is 0.201 e. The number of hydrogen-bond acceptors (Lipinski definition) is 4. The summed E-state index contributed by atoms with van der Waals surface area (Å²) in [5, 5.41) is 10.0. The molecule has 0 spiro atoms. The van der Waals surface area contributed by atoms with Crippen molar-refractivity contribution in [1.29, 1.82) is 0 Å². The molecule has 3 aromatic rings. The molecule has 0 bridgehead atoms. The van der Waals surface area contributed by atoms with Gasteiger partial charge < -0.3 is 9.84 Å². The summed E-state index contributed by atoms with van der Waals surface area (Å²) >= 11 is 0. The molecule has 0 atom stereocenters. The van der Waals surface area contributed by atoms with E-state index < -0.39 is 5.78 Å². The van der Waals surface area contributed by atoms with Crippen molar-refractivity contribution < 1.29 is 19.4 Å². The monoisotopic (exact) mass is 316 g/mol. The normalized spacial score (nSPS) is 12.5. The average Bonchev–Trinajstić information content (AvgIpc) is 2.60. The molecule has 0 heterocycles. The molecule has 116 valence electrons. The van der Waals surface area contributed by atoms with Gasteiger partial charge in [0.25, 0.3) is 0 Å². The van der Waals surface area contributed by atoms with Crippen molar-refractivity contribution in [1.82, 2.24) is 0 Å². The van der Waals surface area contributed by atoms with Crippen molar-refractivity contribution in [2.24, 2.45) is 0 Å². The van der Waals surface area contributed by atoms with Crippen molar-refractivity contribution in [3.05, 3.63) is 89.0 Å². The fourth-order valence-electron chi connectivity index (χ4n) is 2.89. The number of carbonyl (C=O) groups excluding carboxylic acids is 2. The summed E-state index contributed by atoms with van der Waals surface area (Å²) in [5.74, 6) is -0.0514. The number of rotatable bonds is 2. The van der Waals surface area contributed by atoms with E-state index in [-0.39, 0.29) is 33.8 Å². The van der Waals surface area contributed by atoms with Crippen LogP contribution in [-0.2, 0) is 0 Å². The summed E-state index contributed by atoms with van der Waals surface area (Å²) in [6.07, 6.45) is 0. The highest BCUT2D eigenvalue weighted by Crippen LogP contribution is 2.38. The maximum atomic E-state index is 12.9. The largest absolute Gasteiger partial charge is 0.507 e. The van der Waals surface area contributed by atoms with Gasteiger partial charge >= 0.3 is 0 Å². The van der Waals surface area contributed by atoms with Crippen LogP contribution in [0.25, 0.3) is 0 Å². The summed E-state index contributed by atoms with van der Waals surface area (Å²) in [5.41, 5.74) is 0.704. The van der Waals surface area contributed by atoms with Gasteiger partial charge in [0, 0.05) is 11.1 Å². The van der Waals surface area contributed by atoms with E-state index in [9.17, 15) is 14.7 Å². The fourth-order valence-corrected chi connectivity index (χ4v) is 2.89. The molecule has 0 fully saturated rings. The molecule has 1 aliphatic rings. The van der Waals surface area contributed by atoms with Crippen molar-refractivity contribution in [2.45, 2.75) is 0 Å². The number of para-hydroxylation sites is 1. The fraction of sp³-hybridized carbons (Fsp3) is 0. The van der Waals surface area contributed by atoms with E-state index in [1.54, 1.807) is 42.5 Å². The van der Waals surface area contributed by atoms with Crippen molar-refractivity contribution in [2.75, 3.05) is 0 Å². The van der Waals surface area contributed by atoms with Gasteiger partial charge in [0.1, 0.15) is 17.2 Å². The van der Waals surface area contributed by atoms with Gasteiger partial charge in [0.05, 0.1) is 11.1 Å². The number of ether oxygens (including phenoxy) is 1. The predicted octanol–water partition coefficient (Wildman–Crippen LogP) is 3.96. The van der Waals surface area contributed by atoms with Crippen molar-refractivity contribution in [3.8, 4) is 17.2 Å². The molecule has 0 saturated carbocycles. The molecule has 24 heavy (non-hydrogen) atoms. The molecule has 0 radical (unpaired) electrons. The Bertz CT molecular complexity index is 974. The third kappa shape index (κ3) is 2.08.